The maximum atomic E-state index is 5.58. The second kappa shape index (κ2) is 7.22. The zero-order chi connectivity index (χ0) is 6.69. The normalized spacial score (nSPS) is 7.45. The van der Waals surface area contributed by atoms with Crippen LogP contribution in [0.3, 0.4) is 0 Å². The molecule has 0 unspecified atom stereocenters. The first-order valence-electron chi connectivity index (χ1n) is 2.54. The van der Waals surface area contributed by atoms with E-state index >= 15 is 0 Å². The number of hydrogen-bond acceptors (Lipinski definition) is 1. The third kappa shape index (κ3) is 4.90. The maximum Gasteiger partial charge on any atom is 2.00 e. The van der Waals surface area contributed by atoms with Crippen molar-refractivity contribution in [3.63, 3.8) is 0 Å². The predicted molar refractivity (Wildman–Crippen MR) is 42.6 cm³/mol. The van der Waals surface area contributed by atoms with Gasteiger partial charge >= 0.3 is 23.1 Å². The number of methoxy groups -OCH3 is 1. The van der Waals surface area contributed by atoms with E-state index in [4.69, 9.17) is 16.3 Å². The summed E-state index contributed by atoms with van der Waals surface area (Å²) in [5.41, 5.74) is 0. The Morgan fingerprint density at radius 3 is 2.45 bits per heavy atom. The minimum atomic E-state index is 0. The Hall–Kier alpha value is 0.556. The molecule has 0 amide bonds. The first-order valence-corrected chi connectivity index (χ1v) is 2.92. The van der Waals surface area contributed by atoms with Gasteiger partial charge in [-0.3, -0.25) is 0 Å². The molecule has 1 aromatic rings. The van der Waals surface area contributed by atoms with Gasteiger partial charge in [0.05, 0.1) is 7.11 Å². The summed E-state index contributed by atoms with van der Waals surface area (Å²) in [4.78, 5) is 0. The van der Waals surface area contributed by atoms with Crippen molar-refractivity contribution in [1.82, 2.24) is 0 Å². The summed E-state index contributed by atoms with van der Waals surface area (Å²) >= 11 is 5.58. The molecule has 56 valence electrons. The maximum absolute atomic E-state index is 5.58. The minimum absolute atomic E-state index is 0. The van der Waals surface area contributed by atoms with Crippen LogP contribution in [-0.4, -0.2) is 30.2 Å². The van der Waals surface area contributed by atoms with Crippen molar-refractivity contribution in [1.29, 1.82) is 0 Å². The van der Waals surface area contributed by atoms with Gasteiger partial charge in [-0.05, 0) is 0 Å². The fourth-order valence-corrected chi connectivity index (χ4v) is 0.636. The van der Waals surface area contributed by atoms with E-state index in [1.807, 2.05) is 0 Å². The smallest absolute Gasteiger partial charge is 1.00 e. The van der Waals surface area contributed by atoms with Gasteiger partial charge < -0.3 is 21.7 Å². The van der Waals surface area contributed by atoms with Crippen molar-refractivity contribution in [2.24, 2.45) is 0 Å². The van der Waals surface area contributed by atoms with E-state index in [1.54, 1.807) is 25.3 Å². The molecule has 0 heterocycles. The Balaban J connectivity index is 0. The van der Waals surface area contributed by atoms with Crippen molar-refractivity contribution in [3.8, 4) is 5.75 Å². The van der Waals surface area contributed by atoms with E-state index in [-0.39, 0.29) is 40.0 Å². The minimum Gasteiger partial charge on any atom is -1.00 e. The number of benzene rings is 1. The SMILES string of the molecule is COc1[c-]cc(Cl)cc1.[Br-].[Mg+2]. The van der Waals surface area contributed by atoms with Gasteiger partial charge in [0.2, 0.25) is 0 Å². The van der Waals surface area contributed by atoms with E-state index in [9.17, 15) is 0 Å². The summed E-state index contributed by atoms with van der Waals surface area (Å²) in [6, 6.07) is 8.03. The number of ether oxygens (including phenoxy) is 1. The van der Waals surface area contributed by atoms with Gasteiger partial charge in [-0.25, -0.2) is 0 Å². The van der Waals surface area contributed by atoms with Crippen LogP contribution in [0.25, 0.3) is 0 Å². The summed E-state index contributed by atoms with van der Waals surface area (Å²) < 4.78 is 4.85. The number of halogens is 2. The Morgan fingerprint density at radius 1 is 1.45 bits per heavy atom. The molecule has 1 nitrogen and oxygen atoms in total. The third-order valence-electron chi connectivity index (χ3n) is 0.966. The monoisotopic (exact) mass is 244 g/mol. The molecule has 0 aliphatic carbocycles. The van der Waals surface area contributed by atoms with E-state index in [2.05, 4.69) is 6.07 Å². The van der Waals surface area contributed by atoms with Crippen LogP contribution in [0.1, 0.15) is 0 Å². The molecular formula is C7H6BrClMgO. The molecule has 0 atom stereocenters. The summed E-state index contributed by atoms with van der Waals surface area (Å²) in [7, 11) is 1.60. The topological polar surface area (TPSA) is 9.23 Å². The zero-order valence-electron chi connectivity index (χ0n) is 6.10. The number of rotatable bonds is 1. The molecule has 0 aromatic heterocycles. The second-order valence-electron chi connectivity index (χ2n) is 1.58. The zero-order valence-corrected chi connectivity index (χ0v) is 9.86. The van der Waals surface area contributed by atoms with Gasteiger partial charge in [0.15, 0.2) is 0 Å². The molecular weight excluding hydrogens is 240 g/mol. The molecule has 0 fully saturated rings. The molecule has 0 bridgehead atoms. The van der Waals surface area contributed by atoms with Gasteiger partial charge in [0.25, 0.3) is 0 Å². The van der Waals surface area contributed by atoms with Gasteiger partial charge in [0.1, 0.15) is 0 Å². The first kappa shape index (κ1) is 14.1. The van der Waals surface area contributed by atoms with Crippen LogP contribution in [0.15, 0.2) is 18.2 Å². The summed E-state index contributed by atoms with van der Waals surface area (Å²) in [5, 5.41) is 0.677. The van der Waals surface area contributed by atoms with Gasteiger partial charge in [-0.1, -0.05) is 5.02 Å². The van der Waals surface area contributed by atoms with Crippen LogP contribution >= 0.6 is 11.6 Å². The van der Waals surface area contributed by atoms with Crippen LogP contribution in [0.5, 0.6) is 5.75 Å². The molecule has 0 N–H and O–H groups in total. The predicted octanol–water partition coefficient (Wildman–Crippen LogP) is -1.23. The molecule has 0 saturated carbocycles. The van der Waals surface area contributed by atoms with Gasteiger partial charge in [0, 0.05) is 5.75 Å². The van der Waals surface area contributed by atoms with Crippen molar-refractivity contribution in [2.75, 3.05) is 7.11 Å². The van der Waals surface area contributed by atoms with Crippen molar-refractivity contribution in [2.45, 2.75) is 0 Å². The molecule has 0 aliphatic rings. The van der Waals surface area contributed by atoms with Crippen LogP contribution in [0, 0.1) is 6.07 Å². The van der Waals surface area contributed by atoms with Crippen LogP contribution in [0.2, 0.25) is 5.02 Å². The fraction of sp³-hybridized carbons (Fsp3) is 0.143. The summed E-state index contributed by atoms with van der Waals surface area (Å²) in [5.74, 6) is 0.708. The van der Waals surface area contributed by atoms with E-state index in [0.29, 0.717) is 10.8 Å². The molecule has 4 heteroatoms. The molecule has 0 aliphatic heterocycles. The van der Waals surface area contributed by atoms with Crippen LogP contribution in [-0.2, 0) is 0 Å². The van der Waals surface area contributed by atoms with Gasteiger partial charge in [-0.2, -0.15) is 23.7 Å². The van der Waals surface area contributed by atoms with Crippen LogP contribution < -0.4 is 21.7 Å². The van der Waals surface area contributed by atoms with Crippen molar-refractivity contribution in [3.05, 3.63) is 29.3 Å². The molecule has 1 aromatic carbocycles. The standard InChI is InChI=1S/C7H6ClO.BrH.Mg/c1-9-7-4-2-6(8)3-5-7;;/h2-4H,1H3;1H;/q-1;;+2/p-1. The van der Waals surface area contributed by atoms with E-state index in [0.717, 1.165) is 0 Å². The van der Waals surface area contributed by atoms with Crippen molar-refractivity contribution >= 4 is 34.7 Å². The molecule has 11 heavy (non-hydrogen) atoms. The Bertz CT molecular complexity index is 190. The van der Waals surface area contributed by atoms with E-state index in [1.165, 1.54) is 0 Å². The van der Waals surface area contributed by atoms with E-state index < -0.39 is 0 Å². The molecule has 0 saturated heterocycles. The Labute approximate surface area is 98.0 Å². The molecule has 1 rings (SSSR count). The fourth-order valence-electron chi connectivity index (χ4n) is 0.519. The second-order valence-corrected chi connectivity index (χ2v) is 2.01. The van der Waals surface area contributed by atoms with Crippen LogP contribution in [0.4, 0.5) is 0 Å². The number of hydrogen-bond donors (Lipinski definition) is 0. The summed E-state index contributed by atoms with van der Waals surface area (Å²) in [6.45, 7) is 0. The molecule has 0 radical (unpaired) electrons. The summed E-state index contributed by atoms with van der Waals surface area (Å²) in [6.07, 6.45) is 0. The Morgan fingerprint density at radius 2 is 2.09 bits per heavy atom. The average Bonchev–Trinajstić information content (AvgIpc) is 1.90. The average molecular weight is 246 g/mol. The quantitative estimate of drug-likeness (QED) is 0.445. The van der Waals surface area contributed by atoms with Crippen molar-refractivity contribution < 1.29 is 21.7 Å². The van der Waals surface area contributed by atoms with Gasteiger partial charge in [-0.15, -0.1) is 12.1 Å². The Kier molecular flexibility index (Phi) is 9.25. The first-order chi connectivity index (χ1) is 4.33. The largest absolute Gasteiger partial charge is 2.00 e. The molecule has 0 spiro atoms. The third-order valence-corrected chi connectivity index (χ3v) is 1.20.